The fourth-order valence-corrected chi connectivity index (χ4v) is 2.19. The Balaban J connectivity index is 2.24. The zero-order chi connectivity index (χ0) is 12.9. The second-order valence-corrected chi connectivity index (χ2v) is 5.33. The van der Waals surface area contributed by atoms with Crippen molar-refractivity contribution >= 4 is 5.91 Å². The van der Waals surface area contributed by atoms with Gasteiger partial charge in [-0.3, -0.25) is 4.79 Å². The van der Waals surface area contributed by atoms with E-state index in [2.05, 4.69) is 31.1 Å². The van der Waals surface area contributed by atoms with Gasteiger partial charge in [0, 0.05) is 25.7 Å². The molecule has 0 heterocycles. The first-order valence-corrected chi connectivity index (χ1v) is 6.74. The highest BCUT2D eigenvalue weighted by molar-refractivity contribution is 5.83. The van der Waals surface area contributed by atoms with Crippen molar-refractivity contribution in [3.8, 4) is 0 Å². The number of nitrogens with one attached hydrogen (secondary N) is 1. The molecule has 0 aromatic rings. The zero-order valence-electron chi connectivity index (χ0n) is 11.5. The standard InChI is InChI=1S/C13H27N3O/c1-4-11(2)16(3)9-8-15-12(17)13(10-14)6-5-7-13/h11H,4-10,14H2,1-3H3,(H,15,17). The molecule has 1 fully saturated rings. The number of amides is 1. The molecular weight excluding hydrogens is 214 g/mol. The number of carbonyl (C=O) groups excluding carboxylic acids is 1. The summed E-state index contributed by atoms with van der Waals surface area (Å²) in [5, 5.41) is 3.03. The van der Waals surface area contributed by atoms with E-state index in [9.17, 15) is 4.79 Å². The highest BCUT2D eigenvalue weighted by Crippen LogP contribution is 2.39. The maximum Gasteiger partial charge on any atom is 0.227 e. The number of carbonyl (C=O) groups is 1. The first kappa shape index (κ1) is 14.5. The summed E-state index contributed by atoms with van der Waals surface area (Å²) in [6, 6.07) is 0.569. The van der Waals surface area contributed by atoms with Crippen molar-refractivity contribution in [1.29, 1.82) is 0 Å². The third-order valence-corrected chi connectivity index (χ3v) is 4.28. The van der Waals surface area contributed by atoms with Crippen molar-refractivity contribution in [3.05, 3.63) is 0 Å². The summed E-state index contributed by atoms with van der Waals surface area (Å²) in [6.07, 6.45) is 4.18. The van der Waals surface area contributed by atoms with Crippen LogP contribution in [0, 0.1) is 5.41 Å². The first-order chi connectivity index (χ1) is 8.05. The molecule has 0 aromatic heterocycles. The molecular formula is C13H27N3O. The van der Waals surface area contributed by atoms with Crippen LogP contribution in [-0.2, 0) is 4.79 Å². The summed E-state index contributed by atoms with van der Waals surface area (Å²) in [5.41, 5.74) is 5.46. The van der Waals surface area contributed by atoms with E-state index >= 15 is 0 Å². The summed E-state index contributed by atoms with van der Waals surface area (Å²) in [7, 11) is 2.10. The molecule has 1 amide bonds. The van der Waals surface area contributed by atoms with Gasteiger partial charge in [-0.15, -0.1) is 0 Å². The van der Waals surface area contributed by atoms with Crippen LogP contribution in [-0.4, -0.2) is 43.5 Å². The van der Waals surface area contributed by atoms with E-state index in [0.29, 0.717) is 12.6 Å². The fourth-order valence-electron chi connectivity index (χ4n) is 2.19. The zero-order valence-corrected chi connectivity index (χ0v) is 11.5. The molecule has 4 nitrogen and oxygen atoms in total. The van der Waals surface area contributed by atoms with Gasteiger partial charge in [-0.1, -0.05) is 13.3 Å². The van der Waals surface area contributed by atoms with Crippen LogP contribution >= 0.6 is 0 Å². The van der Waals surface area contributed by atoms with Crippen LogP contribution in [0.25, 0.3) is 0 Å². The van der Waals surface area contributed by atoms with E-state index in [4.69, 9.17) is 5.73 Å². The Kier molecular flexibility index (Phi) is 5.40. The van der Waals surface area contributed by atoms with Gasteiger partial charge < -0.3 is 16.0 Å². The van der Waals surface area contributed by atoms with Crippen molar-refractivity contribution in [2.24, 2.45) is 11.1 Å². The monoisotopic (exact) mass is 241 g/mol. The predicted molar refractivity (Wildman–Crippen MR) is 70.7 cm³/mol. The van der Waals surface area contributed by atoms with Gasteiger partial charge in [0.2, 0.25) is 5.91 Å². The Hall–Kier alpha value is -0.610. The SMILES string of the molecule is CCC(C)N(C)CCNC(=O)C1(CN)CCC1. The quantitative estimate of drug-likeness (QED) is 0.698. The van der Waals surface area contributed by atoms with Crippen molar-refractivity contribution in [1.82, 2.24) is 10.2 Å². The van der Waals surface area contributed by atoms with E-state index in [1.165, 1.54) is 0 Å². The molecule has 1 aliphatic rings. The molecule has 17 heavy (non-hydrogen) atoms. The molecule has 0 spiro atoms. The fraction of sp³-hybridized carbons (Fsp3) is 0.923. The maximum absolute atomic E-state index is 12.0. The van der Waals surface area contributed by atoms with E-state index in [0.717, 1.165) is 38.8 Å². The lowest BCUT2D eigenvalue weighted by molar-refractivity contribution is -0.135. The normalized spacial score (nSPS) is 19.8. The van der Waals surface area contributed by atoms with Crippen LogP contribution in [0.3, 0.4) is 0 Å². The minimum Gasteiger partial charge on any atom is -0.354 e. The van der Waals surface area contributed by atoms with Crippen molar-refractivity contribution in [2.75, 3.05) is 26.7 Å². The third kappa shape index (κ3) is 3.42. The average Bonchev–Trinajstić information content (AvgIpc) is 2.27. The molecule has 0 saturated heterocycles. The summed E-state index contributed by atoms with van der Waals surface area (Å²) in [4.78, 5) is 14.3. The molecule has 100 valence electrons. The molecule has 1 aliphatic carbocycles. The smallest absolute Gasteiger partial charge is 0.227 e. The first-order valence-electron chi connectivity index (χ1n) is 6.74. The molecule has 0 radical (unpaired) electrons. The van der Waals surface area contributed by atoms with E-state index < -0.39 is 0 Å². The number of nitrogens with two attached hydrogens (primary N) is 1. The summed E-state index contributed by atoms with van der Waals surface area (Å²) in [6.45, 7) is 6.50. The number of hydrogen-bond acceptors (Lipinski definition) is 3. The Morgan fingerprint density at radius 1 is 1.53 bits per heavy atom. The minimum absolute atomic E-state index is 0.156. The van der Waals surface area contributed by atoms with Crippen molar-refractivity contribution < 1.29 is 4.79 Å². The van der Waals surface area contributed by atoms with Crippen LogP contribution in [0.15, 0.2) is 0 Å². The van der Waals surface area contributed by atoms with Crippen LogP contribution in [0.1, 0.15) is 39.5 Å². The topological polar surface area (TPSA) is 58.4 Å². The third-order valence-electron chi connectivity index (χ3n) is 4.28. The molecule has 1 saturated carbocycles. The van der Waals surface area contributed by atoms with Gasteiger partial charge in [0.05, 0.1) is 5.41 Å². The lowest BCUT2D eigenvalue weighted by Crippen LogP contribution is -2.51. The highest BCUT2D eigenvalue weighted by Gasteiger charge is 2.42. The lowest BCUT2D eigenvalue weighted by atomic mass is 9.68. The molecule has 0 aliphatic heterocycles. The molecule has 0 bridgehead atoms. The van der Waals surface area contributed by atoms with Crippen LogP contribution in [0.2, 0.25) is 0 Å². The number of rotatable bonds is 7. The van der Waals surface area contributed by atoms with Crippen LogP contribution in [0.5, 0.6) is 0 Å². The Morgan fingerprint density at radius 3 is 2.59 bits per heavy atom. The summed E-state index contributed by atoms with van der Waals surface area (Å²) >= 11 is 0. The average molecular weight is 241 g/mol. The van der Waals surface area contributed by atoms with Crippen molar-refractivity contribution in [2.45, 2.75) is 45.6 Å². The Labute approximate surface area is 105 Å². The highest BCUT2D eigenvalue weighted by atomic mass is 16.2. The van der Waals surface area contributed by atoms with Gasteiger partial charge in [-0.05, 0) is 33.2 Å². The van der Waals surface area contributed by atoms with Gasteiger partial charge >= 0.3 is 0 Å². The predicted octanol–water partition coefficient (Wildman–Crippen LogP) is 0.962. The van der Waals surface area contributed by atoms with Gasteiger partial charge in [-0.2, -0.15) is 0 Å². The van der Waals surface area contributed by atoms with E-state index in [1.807, 2.05) is 0 Å². The van der Waals surface area contributed by atoms with Gasteiger partial charge in [0.1, 0.15) is 0 Å². The van der Waals surface area contributed by atoms with Gasteiger partial charge in [0.15, 0.2) is 0 Å². The van der Waals surface area contributed by atoms with Crippen molar-refractivity contribution in [3.63, 3.8) is 0 Å². The second-order valence-electron chi connectivity index (χ2n) is 5.33. The molecule has 1 atom stereocenters. The van der Waals surface area contributed by atoms with Crippen LogP contribution < -0.4 is 11.1 Å². The molecule has 1 rings (SSSR count). The number of hydrogen-bond donors (Lipinski definition) is 2. The summed E-state index contributed by atoms with van der Waals surface area (Å²) < 4.78 is 0. The second kappa shape index (κ2) is 6.36. The molecule has 1 unspecified atom stereocenters. The largest absolute Gasteiger partial charge is 0.354 e. The lowest BCUT2D eigenvalue weighted by Gasteiger charge is -2.39. The molecule has 0 aromatic carbocycles. The minimum atomic E-state index is -0.241. The maximum atomic E-state index is 12.0. The Morgan fingerprint density at radius 2 is 2.18 bits per heavy atom. The van der Waals surface area contributed by atoms with Gasteiger partial charge in [-0.25, -0.2) is 0 Å². The van der Waals surface area contributed by atoms with Crippen LogP contribution in [0.4, 0.5) is 0 Å². The van der Waals surface area contributed by atoms with E-state index in [-0.39, 0.29) is 11.3 Å². The van der Waals surface area contributed by atoms with Gasteiger partial charge in [0.25, 0.3) is 0 Å². The number of nitrogens with zero attached hydrogens (tertiary/aromatic N) is 1. The van der Waals surface area contributed by atoms with E-state index in [1.54, 1.807) is 0 Å². The number of likely N-dealkylation sites (N-methyl/N-ethyl adjacent to an activating group) is 1. The Bertz CT molecular complexity index is 246. The molecule has 4 heteroatoms. The molecule has 3 N–H and O–H groups in total. The summed E-state index contributed by atoms with van der Waals surface area (Å²) in [5.74, 6) is 0.156.